The first-order valence-electron chi connectivity index (χ1n) is 3.01. The van der Waals surface area contributed by atoms with Crippen molar-refractivity contribution in [3.05, 3.63) is 28.5 Å². The van der Waals surface area contributed by atoms with Gasteiger partial charge in [0.05, 0.1) is 10.6 Å². The van der Waals surface area contributed by atoms with Crippen LogP contribution >= 0.6 is 11.6 Å². The van der Waals surface area contributed by atoms with E-state index in [0.717, 1.165) is 12.1 Å². The van der Waals surface area contributed by atoms with E-state index in [4.69, 9.17) is 22.4 Å². The molecule has 5 heteroatoms. The average Bonchev–Trinajstić information content (AvgIpc) is 1.97. The number of benzene rings is 1. The zero-order chi connectivity index (χ0) is 9.30. The molecule has 0 aromatic heterocycles. The minimum Gasteiger partial charge on any atom is -0.506 e. The van der Waals surface area contributed by atoms with Crippen LogP contribution in [0.25, 0.3) is 0 Å². The Morgan fingerprint density at radius 2 is 2.17 bits per heavy atom. The summed E-state index contributed by atoms with van der Waals surface area (Å²) < 4.78 is 12.8. The Morgan fingerprint density at radius 3 is 2.58 bits per heavy atom. The van der Waals surface area contributed by atoms with Gasteiger partial charge in [-0.1, -0.05) is 11.6 Å². The molecule has 0 aliphatic rings. The van der Waals surface area contributed by atoms with Crippen LogP contribution in [0.15, 0.2) is 12.1 Å². The number of nitrogens with two attached hydrogens (primary N) is 1. The van der Waals surface area contributed by atoms with Crippen molar-refractivity contribution in [3.63, 3.8) is 0 Å². The Kier molecular flexibility index (Phi) is 2.19. The Hall–Kier alpha value is -1.29. The van der Waals surface area contributed by atoms with Gasteiger partial charge in [-0.05, 0) is 12.1 Å². The van der Waals surface area contributed by atoms with Crippen molar-refractivity contribution in [2.24, 2.45) is 5.73 Å². The first kappa shape index (κ1) is 8.80. The standard InChI is InChI=1S/C7H5ClFNO2/c8-6-4(11)2-1-3(9)5(6)7(10)12/h1-2,11H,(H2,10,12). The highest BCUT2D eigenvalue weighted by Gasteiger charge is 2.15. The van der Waals surface area contributed by atoms with Crippen molar-refractivity contribution in [3.8, 4) is 5.75 Å². The minimum atomic E-state index is -1.01. The van der Waals surface area contributed by atoms with Crippen molar-refractivity contribution in [2.75, 3.05) is 0 Å². The predicted molar refractivity (Wildman–Crippen MR) is 41.6 cm³/mol. The number of hydrogen-bond acceptors (Lipinski definition) is 2. The van der Waals surface area contributed by atoms with E-state index >= 15 is 0 Å². The lowest BCUT2D eigenvalue weighted by Gasteiger charge is -2.02. The van der Waals surface area contributed by atoms with Crippen LogP contribution in [0, 0.1) is 5.82 Å². The van der Waals surface area contributed by atoms with Gasteiger partial charge in [0.1, 0.15) is 11.6 Å². The zero-order valence-electron chi connectivity index (χ0n) is 5.84. The predicted octanol–water partition coefficient (Wildman–Crippen LogP) is 1.28. The average molecular weight is 190 g/mol. The summed E-state index contributed by atoms with van der Waals surface area (Å²) in [6.45, 7) is 0. The van der Waals surface area contributed by atoms with Gasteiger partial charge in [0.2, 0.25) is 0 Å². The Bertz CT molecular complexity index is 340. The maximum Gasteiger partial charge on any atom is 0.253 e. The third-order valence-corrected chi connectivity index (χ3v) is 1.70. The third kappa shape index (κ3) is 1.33. The van der Waals surface area contributed by atoms with E-state index in [1.54, 1.807) is 0 Å². The van der Waals surface area contributed by atoms with Crippen molar-refractivity contribution in [2.45, 2.75) is 0 Å². The van der Waals surface area contributed by atoms with Crippen molar-refractivity contribution >= 4 is 17.5 Å². The van der Waals surface area contributed by atoms with Gasteiger partial charge in [-0.3, -0.25) is 4.79 Å². The van der Waals surface area contributed by atoms with Gasteiger partial charge in [0.25, 0.3) is 5.91 Å². The molecule has 3 nitrogen and oxygen atoms in total. The second-order valence-corrected chi connectivity index (χ2v) is 2.50. The second kappa shape index (κ2) is 2.98. The highest BCUT2D eigenvalue weighted by Crippen LogP contribution is 2.28. The fourth-order valence-corrected chi connectivity index (χ4v) is 1.01. The van der Waals surface area contributed by atoms with Gasteiger partial charge in [0.15, 0.2) is 0 Å². The largest absolute Gasteiger partial charge is 0.506 e. The highest BCUT2D eigenvalue weighted by atomic mass is 35.5. The summed E-state index contributed by atoms with van der Waals surface area (Å²) in [5, 5.41) is 8.61. The van der Waals surface area contributed by atoms with Crippen molar-refractivity contribution in [1.29, 1.82) is 0 Å². The summed E-state index contributed by atoms with van der Waals surface area (Å²) in [5.41, 5.74) is 4.32. The monoisotopic (exact) mass is 189 g/mol. The molecule has 1 rings (SSSR count). The molecule has 0 atom stereocenters. The van der Waals surface area contributed by atoms with Gasteiger partial charge < -0.3 is 10.8 Å². The Balaban J connectivity index is 3.43. The molecule has 1 aromatic carbocycles. The normalized spacial score (nSPS) is 9.83. The molecule has 0 saturated carbocycles. The maximum atomic E-state index is 12.8. The molecule has 1 amide bonds. The first-order valence-corrected chi connectivity index (χ1v) is 3.38. The molecule has 0 unspecified atom stereocenters. The van der Waals surface area contributed by atoms with E-state index in [0.29, 0.717) is 0 Å². The molecular formula is C7H5ClFNO2. The number of hydrogen-bond donors (Lipinski definition) is 2. The second-order valence-electron chi connectivity index (χ2n) is 2.12. The van der Waals surface area contributed by atoms with Crippen molar-refractivity contribution < 1.29 is 14.3 Å². The van der Waals surface area contributed by atoms with Crippen LogP contribution in [0.5, 0.6) is 5.75 Å². The molecule has 1 aromatic rings. The van der Waals surface area contributed by atoms with E-state index < -0.39 is 17.3 Å². The number of carbonyl (C=O) groups is 1. The van der Waals surface area contributed by atoms with E-state index in [9.17, 15) is 9.18 Å². The maximum absolute atomic E-state index is 12.8. The molecule has 0 aliphatic carbocycles. The van der Waals surface area contributed by atoms with E-state index in [1.165, 1.54) is 0 Å². The van der Waals surface area contributed by atoms with Gasteiger partial charge in [-0.25, -0.2) is 4.39 Å². The smallest absolute Gasteiger partial charge is 0.253 e. The van der Waals surface area contributed by atoms with Crippen LogP contribution in [0.2, 0.25) is 5.02 Å². The summed E-state index contributed by atoms with van der Waals surface area (Å²) in [7, 11) is 0. The summed E-state index contributed by atoms with van der Waals surface area (Å²) in [6, 6.07) is 1.96. The van der Waals surface area contributed by atoms with Crippen LogP contribution in [0.4, 0.5) is 4.39 Å². The topological polar surface area (TPSA) is 63.3 Å². The van der Waals surface area contributed by atoms with Crippen LogP contribution < -0.4 is 5.73 Å². The number of amides is 1. The molecule has 64 valence electrons. The fourth-order valence-electron chi connectivity index (χ4n) is 0.767. The Morgan fingerprint density at radius 1 is 1.58 bits per heavy atom. The van der Waals surface area contributed by atoms with E-state index in [-0.39, 0.29) is 10.8 Å². The zero-order valence-corrected chi connectivity index (χ0v) is 6.60. The molecule has 0 radical (unpaired) electrons. The molecule has 3 N–H and O–H groups in total. The number of phenols is 1. The van der Waals surface area contributed by atoms with Crippen LogP contribution in [-0.2, 0) is 0 Å². The molecule has 0 fully saturated rings. The highest BCUT2D eigenvalue weighted by molar-refractivity contribution is 6.35. The molecular weight excluding hydrogens is 185 g/mol. The van der Waals surface area contributed by atoms with Crippen molar-refractivity contribution in [1.82, 2.24) is 0 Å². The third-order valence-electron chi connectivity index (χ3n) is 1.32. The number of rotatable bonds is 1. The summed E-state index contributed by atoms with van der Waals surface area (Å²) in [4.78, 5) is 10.6. The number of aromatic hydroxyl groups is 1. The lowest BCUT2D eigenvalue weighted by Crippen LogP contribution is -2.13. The quantitative estimate of drug-likeness (QED) is 0.699. The SMILES string of the molecule is NC(=O)c1c(F)ccc(O)c1Cl. The van der Waals surface area contributed by atoms with Gasteiger partial charge in [-0.15, -0.1) is 0 Å². The fraction of sp³-hybridized carbons (Fsp3) is 0. The lowest BCUT2D eigenvalue weighted by atomic mass is 10.2. The summed E-state index contributed by atoms with van der Waals surface area (Å²) >= 11 is 5.40. The summed E-state index contributed by atoms with van der Waals surface area (Å²) in [6.07, 6.45) is 0. The van der Waals surface area contributed by atoms with Crippen LogP contribution in [0.1, 0.15) is 10.4 Å². The molecule has 0 saturated heterocycles. The molecule has 0 aliphatic heterocycles. The van der Waals surface area contributed by atoms with Gasteiger partial charge in [-0.2, -0.15) is 0 Å². The molecule has 0 spiro atoms. The number of primary amides is 1. The minimum absolute atomic E-state index is 0.359. The van der Waals surface area contributed by atoms with Gasteiger partial charge in [0, 0.05) is 0 Å². The Labute approximate surface area is 72.6 Å². The van der Waals surface area contributed by atoms with Gasteiger partial charge >= 0.3 is 0 Å². The lowest BCUT2D eigenvalue weighted by molar-refractivity contribution is 0.0996. The molecule has 0 bridgehead atoms. The number of carbonyl (C=O) groups excluding carboxylic acids is 1. The van der Waals surface area contributed by atoms with E-state index in [1.807, 2.05) is 0 Å². The number of phenolic OH excluding ortho intramolecular Hbond substituents is 1. The first-order chi connectivity index (χ1) is 5.54. The van der Waals surface area contributed by atoms with Crippen LogP contribution in [-0.4, -0.2) is 11.0 Å². The summed E-state index contributed by atoms with van der Waals surface area (Å²) in [5.74, 6) is -2.22. The number of halogens is 2. The van der Waals surface area contributed by atoms with E-state index in [2.05, 4.69) is 0 Å². The van der Waals surface area contributed by atoms with Crippen LogP contribution in [0.3, 0.4) is 0 Å². The molecule has 12 heavy (non-hydrogen) atoms. The molecule has 0 heterocycles.